The van der Waals surface area contributed by atoms with Crippen molar-refractivity contribution in [3.8, 4) is 17.2 Å². The van der Waals surface area contributed by atoms with Crippen LogP contribution in [0.1, 0.15) is 44.9 Å². The van der Waals surface area contributed by atoms with Gasteiger partial charge in [-0.2, -0.15) is 0 Å². The summed E-state index contributed by atoms with van der Waals surface area (Å²) in [6, 6.07) is 5.31. The highest BCUT2D eigenvalue weighted by Gasteiger charge is 2.57. The Morgan fingerprint density at radius 1 is 1.17 bits per heavy atom. The van der Waals surface area contributed by atoms with Crippen LogP contribution in [0.2, 0.25) is 0 Å². The molecule has 4 aliphatic carbocycles. The maximum absolute atomic E-state index is 12.6. The van der Waals surface area contributed by atoms with E-state index in [-0.39, 0.29) is 22.5 Å². The number of carbonyl (C=O) groups is 1. The van der Waals surface area contributed by atoms with E-state index >= 15 is 0 Å². The minimum Gasteiger partial charge on any atom is -0.454 e. The van der Waals surface area contributed by atoms with Gasteiger partial charge in [-0.25, -0.2) is 0 Å². The Balaban J connectivity index is 1.30. The lowest BCUT2D eigenvalue weighted by molar-refractivity contribution is -0.141. The average Bonchev–Trinajstić information content (AvgIpc) is 2.91. The lowest BCUT2D eigenvalue weighted by atomic mass is 9.49. The summed E-state index contributed by atoms with van der Waals surface area (Å²) in [6.45, 7) is 0.228. The molecule has 1 aromatic carbocycles. The zero-order valence-electron chi connectivity index (χ0n) is 13.6. The van der Waals surface area contributed by atoms with Gasteiger partial charge in [-0.3, -0.25) is 4.79 Å². The van der Waals surface area contributed by atoms with Crippen LogP contribution in [-0.2, 0) is 4.79 Å². The molecule has 128 valence electrons. The molecule has 4 bridgehead atoms. The largest absolute Gasteiger partial charge is 0.454 e. The minimum absolute atomic E-state index is 0.119. The van der Waals surface area contributed by atoms with Crippen molar-refractivity contribution in [2.45, 2.75) is 49.3 Å². The molecule has 0 spiro atoms. The second-order valence-corrected chi connectivity index (χ2v) is 9.96. The van der Waals surface area contributed by atoms with Crippen molar-refractivity contribution in [3.63, 3.8) is 0 Å². The molecule has 0 N–H and O–H groups in total. The topological polar surface area (TPSA) is 44.8 Å². The van der Waals surface area contributed by atoms with Gasteiger partial charge in [0.15, 0.2) is 11.5 Å². The predicted octanol–water partition coefficient (Wildman–Crippen LogP) is 4.44. The van der Waals surface area contributed by atoms with Crippen LogP contribution in [0.3, 0.4) is 0 Å². The average molecular weight is 393 g/mol. The Hall–Kier alpha value is -1.23. The number of fused-ring (bicyclic) bond motifs is 1. The van der Waals surface area contributed by atoms with E-state index in [9.17, 15) is 4.79 Å². The minimum atomic E-state index is -0.119. The number of ether oxygens (including phenoxy) is 3. The molecule has 24 heavy (non-hydrogen) atoms. The van der Waals surface area contributed by atoms with Crippen molar-refractivity contribution >= 4 is 21.9 Å². The molecule has 1 aliphatic heterocycles. The molecule has 4 nitrogen and oxygen atoms in total. The molecular formula is C19H21BrO4. The number of benzene rings is 1. The Labute approximate surface area is 150 Å². The van der Waals surface area contributed by atoms with E-state index < -0.39 is 0 Å². The first-order valence-electron chi connectivity index (χ1n) is 8.80. The first-order chi connectivity index (χ1) is 11.5. The molecule has 0 saturated heterocycles. The van der Waals surface area contributed by atoms with Gasteiger partial charge in [-0.05, 0) is 67.9 Å². The van der Waals surface area contributed by atoms with Crippen molar-refractivity contribution in [2.75, 3.05) is 6.79 Å². The quantitative estimate of drug-likeness (QED) is 0.433. The van der Waals surface area contributed by atoms with E-state index in [4.69, 9.17) is 14.2 Å². The zero-order valence-corrected chi connectivity index (χ0v) is 15.1. The lowest BCUT2D eigenvalue weighted by Gasteiger charge is -2.60. The van der Waals surface area contributed by atoms with Crippen LogP contribution in [0.5, 0.6) is 17.2 Å². The van der Waals surface area contributed by atoms with Gasteiger partial charge in [-0.15, -0.1) is 0 Å². The monoisotopic (exact) mass is 392 g/mol. The lowest BCUT2D eigenvalue weighted by Crippen LogP contribution is -2.53. The van der Waals surface area contributed by atoms with Crippen molar-refractivity contribution < 1.29 is 19.0 Å². The fraction of sp³-hybridized carbons (Fsp3) is 0.632. The molecule has 0 aromatic heterocycles. The number of halogens is 1. The molecular weight excluding hydrogens is 372 g/mol. The summed E-state index contributed by atoms with van der Waals surface area (Å²) in [7, 11) is 0. The van der Waals surface area contributed by atoms with Gasteiger partial charge < -0.3 is 14.2 Å². The smallest absolute Gasteiger partial charge is 0.311 e. The van der Waals surface area contributed by atoms with Gasteiger partial charge >= 0.3 is 5.97 Å². The van der Waals surface area contributed by atoms with Crippen molar-refractivity contribution in [2.24, 2.45) is 17.3 Å². The Morgan fingerprint density at radius 3 is 2.67 bits per heavy atom. The van der Waals surface area contributed by atoms with E-state index in [1.165, 1.54) is 32.1 Å². The number of esters is 1. The maximum atomic E-state index is 12.6. The number of hydrogen-bond acceptors (Lipinski definition) is 4. The fourth-order valence-corrected chi connectivity index (χ4v) is 7.47. The fourth-order valence-electron chi connectivity index (χ4n) is 5.96. The number of alkyl halides is 1. The number of rotatable bonds is 3. The molecule has 1 aromatic rings. The molecule has 1 heterocycles. The highest BCUT2D eigenvalue weighted by molar-refractivity contribution is 9.10. The maximum Gasteiger partial charge on any atom is 0.311 e. The molecule has 0 unspecified atom stereocenters. The molecule has 5 aliphatic rings. The van der Waals surface area contributed by atoms with Gasteiger partial charge in [0, 0.05) is 10.4 Å². The molecule has 6 rings (SSSR count). The summed E-state index contributed by atoms with van der Waals surface area (Å²) >= 11 is 4.00. The molecule has 0 amide bonds. The van der Waals surface area contributed by atoms with Crippen LogP contribution in [0.25, 0.3) is 0 Å². The zero-order chi connectivity index (χ0) is 16.4. The SMILES string of the molecule is O=C(CC12C[C@H]3C[C@@H](CC(Br)(C3)C1)C2)Oc1ccc2c(c1)OCO2. The van der Waals surface area contributed by atoms with Gasteiger partial charge in [0.25, 0.3) is 0 Å². The van der Waals surface area contributed by atoms with Crippen molar-refractivity contribution in [3.05, 3.63) is 18.2 Å². The summed E-state index contributed by atoms with van der Waals surface area (Å²) in [5.74, 6) is 3.34. The first-order valence-corrected chi connectivity index (χ1v) is 9.60. The third-order valence-corrected chi connectivity index (χ3v) is 7.13. The van der Waals surface area contributed by atoms with Crippen LogP contribution in [-0.4, -0.2) is 17.1 Å². The summed E-state index contributed by atoms with van der Waals surface area (Å²) in [6.07, 6.45) is 7.93. The van der Waals surface area contributed by atoms with Crippen molar-refractivity contribution in [1.29, 1.82) is 0 Å². The summed E-state index contributed by atoms with van der Waals surface area (Å²) in [4.78, 5) is 12.6. The Kier molecular flexibility index (Phi) is 3.22. The summed E-state index contributed by atoms with van der Waals surface area (Å²) < 4.78 is 16.5. The second kappa shape index (κ2) is 5.13. The van der Waals surface area contributed by atoms with E-state index in [0.717, 1.165) is 18.3 Å². The van der Waals surface area contributed by atoms with E-state index in [2.05, 4.69) is 15.9 Å². The second-order valence-electron chi connectivity index (χ2n) is 8.28. The van der Waals surface area contributed by atoms with E-state index in [1.807, 2.05) is 0 Å². The Morgan fingerprint density at radius 2 is 1.92 bits per heavy atom. The van der Waals surface area contributed by atoms with Crippen LogP contribution >= 0.6 is 15.9 Å². The highest BCUT2D eigenvalue weighted by atomic mass is 79.9. The van der Waals surface area contributed by atoms with Crippen molar-refractivity contribution in [1.82, 2.24) is 0 Å². The number of carbonyl (C=O) groups excluding carboxylic acids is 1. The summed E-state index contributed by atoms with van der Waals surface area (Å²) in [5, 5.41) is 0. The molecule has 4 saturated carbocycles. The third kappa shape index (κ3) is 2.52. The van der Waals surface area contributed by atoms with Gasteiger partial charge in [0.2, 0.25) is 6.79 Å². The van der Waals surface area contributed by atoms with E-state index in [0.29, 0.717) is 23.7 Å². The molecule has 4 fully saturated rings. The Bertz CT molecular complexity index is 687. The molecule has 0 radical (unpaired) electrons. The summed E-state index contributed by atoms with van der Waals surface area (Å²) in [5.41, 5.74) is 0.140. The van der Waals surface area contributed by atoms with Gasteiger partial charge in [0.1, 0.15) is 5.75 Å². The molecule has 2 atom stereocenters. The standard InChI is InChI=1S/C19H21BrO4/c20-19-7-12-3-13(8-19)6-18(5-12,10-19)9-17(21)24-14-1-2-15-16(4-14)23-11-22-15/h1-2,4,12-13H,3,5-11H2/t12-,13-,18?,19?/m1/s1. The highest BCUT2D eigenvalue weighted by Crippen LogP contribution is 2.65. The molecule has 5 heteroatoms. The van der Waals surface area contributed by atoms with Gasteiger partial charge in [0.05, 0.1) is 6.42 Å². The predicted molar refractivity (Wildman–Crippen MR) is 91.6 cm³/mol. The van der Waals surface area contributed by atoms with Gasteiger partial charge in [-0.1, -0.05) is 15.9 Å². The number of hydrogen-bond donors (Lipinski definition) is 0. The van der Waals surface area contributed by atoms with Crippen LogP contribution in [0.15, 0.2) is 18.2 Å². The van der Waals surface area contributed by atoms with Crippen LogP contribution in [0.4, 0.5) is 0 Å². The van der Waals surface area contributed by atoms with Crippen LogP contribution in [0, 0.1) is 17.3 Å². The van der Waals surface area contributed by atoms with E-state index in [1.54, 1.807) is 18.2 Å². The normalized spacial score (nSPS) is 38.4. The van der Waals surface area contributed by atoms with Crippen LogP contribution < -0.4 is 14.2 Å². The third-order valence-electron chi connectivity index (χ3n) is 6.21. The first kappa shape index (κ1) is 15.1.